The summed E-state index contributed by atoms with van der Waals surface area (Å²) in [6.45, 7) is 5.12. The van der Waals surface area contributed by atoms with Gasteiger partial charge >= 0.3 is 0 Å². The number of aromatic nitrogens is 1. The Morgan fingerprint density at radius 1 is 1.47 bits per heavy atom. The molecule has 1 aromatic heterocycles. The zero-order valence-corrected chi connectivity index (χ0v) is 12.3. The van der Waals surface area contributed by atoms with Gasteiger partial charge in [-0.1, -0.05) is 6.92 Å². The molecule has 1 N–H and O–H groups in total. The summed E-state index contributed by atoms with van der Waals surface area (Å²) >= 11 is 1.76. The van der Waals surface area contributed by atoms with Crippen LogP contribution in [0.1, 0.15) is 31.2 Å². The molecule has 3 rings (SSSR count). The van der Waals surface area contributed by atoms with Crippen LogP contribution in [-0.4, -0.2) is 23.7 Å². The van der Waals surface area contributed by atoms with Crippen molar-refractivity contribution in [1.29, 1.82) is 0 Å². The van der Waals surface area contributed by atoms with Crippen molar-refractivity contribution in [1.82, 2.24) is 4.98 Å². The van der Waals surface area contributed by atoms with Gasteiger partial charge in [-0.3, -0.25) is 0 Å². The molecule has 0 bridgehead atoms. The quantitative estimate of drug-likeness (QED) is 0.921. The summed E-state index contributed by atoms with van der Waals surface area (Å²) in [6, 6.07) is 7.00. The highest BCUT2D eigenvalue weighted by atomic mass is 32.1. The molecular weight excluding hydrogens is 256 g/mol. The van der Waals surface area contributed by atoms with E-state index in [-0.39, 0.29) is 0 Å². The van der Waals surface area contributed by atoms with Crippen molar-refractivity contribution >= 4 is 27.2 Å². The summed E-state index contributed by atoms with van der Waals surface area (Å²) in [7, 11) is 0. The van der Waals surface area contributed by atoms with Crippen molar-refractivity contribution in [3.8, 4) is 0 Å². The Labute approximate surface area is 118 Å². The second-order valence-corrected chi connectivity index (χ2v) is 6.42. The Hall–Kier alpha value is -1.13. The number of rotatable bonds is 3. The molecule has 0 radical (unpaired) electrons. The molecule has 0 spiro atoms. The van der Waals surface area contributed by atoms with Crippen LogP contribution in [0.3, 0.4) is 0 Å². The standard InChI is InChI=1S/C15H20N2OS/c1-3-13-8-12(6-7-18-13)17-11-4-5-14-15(9-11)19-10(2)16-14/h4-5,9,12-13,17H,3,6-8H2,1-2H3. The van der Waals surface area contributed by atoms with Gasteiger partial charge in [-0.05, 0) is 44.4 Å². The summed E-state index contributed by atoms with van der Waals surface area (Å²) < 4.78 is 6.99. The summed E-state index contributed by atoms with van der Waals surface area (Å²) in [5, 5.41) is 4.77. The van der Waals surface area contributed by atoms with E-state index in [4.69, 9.17) is 4.74 Å². The monoisotopic (exact) mass is 276 g/mol. The van der Waals surface area contributed by atoms with Crippen molar-refractivity contribution in [3.63, 3.8) is 0 Å². The highest BCUT2D eigenvalue weighted by Gasteiger charge is 2.21. The molecule has 2 unspecified atom stereocenters. The van der Waals surface area contributed by atoms with Gasteiger partial charge in [0.15, 0.2) is 0 Å². The first-order chi connectivity index (χ1) is 9.24. The molecule has 0 saturated carbocycles. The third kappa shape index (κ3) is 2.90. The minimum atomic E-state index is 0.417. The maximum Gasteiger partial charge on any atom is 0.0907 e. The summed E-state index contributed by atoms with van der Waals surface area (Å²) in [4.78, 5) is 4.50. The van der Waals surface area contributed by atoms with Crippen LogP contribution < -0.4 is 5.32 Å². The average molecular weight is 276 g/mol. The number of nitrogens with zero attached hydrogens (tertiary/aromatic N) is 1. The van der Waals surface area contributed by atoms with E-state index in [1.807, 2.05) is 0 Å². The number of ether oxygens (including phenoxy) is 1. The number of thiazole rings is 1. The first-order valence-electron chi connectivity index (χ1n) is 7.00. The van der Waals surface area contributed by atoms with Gasteiger partial charge in [0, 0.05) is 18.3 Å². The number of anilines is 1. The minimum absolute atomic E-state index is 0.417. The van der Waals surface area contributed by atoms with Gasteiger partial charge in [0.2, 0.25) is 0 Å². The molecule has 1 saturated heterocycles. The molecule has 3 nitrogen and oxygen atoms in total. The highest BCUT2D eigenvalue weighted by molar-refractivity contribution is 7.18. The first-order valence-corrected chi connectivity index (χ1v) is 7.81. The lowest BCUT2D eigenvalue weighted by molar-refractivity contribution is 0.00926. The van der Waals surface area contributed by atoms with E-state index in [1.165, 1.54) is 10.4 Å². The number of hydrogen-bond acceptors (Lipinski definition) is 4. The largest absolute Gasteiger partial charge is 0.382 e. The molecule has 2 aromatic rings. The molecular formula is C15H20N2OS. The molecule has 1 aromatic carbocycles. The molecule has 1 aliphatic heterocycles. The van der Waals surface area contributed by atoms with Crippen molar-refractivity contribution in [2.24, 2.45) is 0 Å². The van der Waals surface area contributed by atoms with Crippen LogP contribution >= 0.6 is 11.3 Å². The van der Waals surface area contributed by atoms with Crippen molar-refractivity contribution in [3.05, 3.63) is 23.2 Å². The Kier molecular flexibility index (Phi) is 3.71. The molecule has 0 amide bonds. The van der Waals surface area contributed by atoms with Gasteiger partial charge < -0.3 is 10.1 Å². The van der Waals surface area contributed by atoms with Crippen LogP contribution in [0.25, 0.3) is 10.2 Å². The highest BCUT2D eigenvalue weighted by Crippen LogP contribution is 2.26. The lowest BCUT2D eigenvalue weighted by Crippen LogP contribution is -2.33. The minimum Gasteiger partial charge on any atom is -0.382 e. The van der Waals surface area contributed by atoms with Crippen molar-refractivity contribution < 1.29 is 4.74 Å². The van der Waals surface area contributed by atoms with Crippen molar-refractivity contribution in [2.45, 2.75) is 45.3 Å². The van der Waals surface area contributed by atoms with E-state index in [0.717, 1.165) is 36.4 Å². The van der Waals surface area contributed by atoms with Crippen LogP contribution in [0.4, 0.5) is 5.69 Å². The van der Waals surface area contributed by atoms with E-state index >= 15 is 0 Å². The van der Waals surface area contributed by atoms with Crippen LogP contribution in [0.2, 0.25) is 0 Å². The second-order valence-electron chi connectivity index (χ2n) is 5.18. The van der Waals surface area contributed by atoms with Crippen LogP contribution in [0.15, 0.2) is 18.2 Å². The molecule has 19 heavy (non-hydrogen) atoms. The number of hydrogen-bond donors (Lipinski definition) is 1. The normalized spacial score (nSPS) is 23.7. The topological polar surface area (TPSA) is 34.2 Å². The van der Waals surface area contributed by atoms with Gasteiger partial charge in [-0.15, -0.1) is 11.3 Å². The zero-order chi connectivity index (χ0) is 13.2. The Balaban J connectivity index is 1.73. The lowest BCUT2D eigenvalue weighted by atomic mass is 10.0. The predicted octanol–water partition coefficient (Wildman–Crippen LogP) is 3.97. The van der Waals surface area contributed by atoms with Crippen LogP contribution in [0, 0.1) is 6.92 Å². The van der Waals surface area contributed by atoms with E-state index in [0.29, 0.717) is 12.1 Å². The third-order valence-corrected chi connectivity index (χ3v) is 4.62. The fraction of sp³-hybridized carbons (Fsp3) is 0.533. The smallest absolute Gasteiger partial charge is 0.0907 e. The van der Waals surface area contributed by atoms with E-state index in [2.05, 4.69) is 42.3 Å². The molecule has 0 aliphatic carbocycles. The SMILES string of the molecule is CCC1CC(Nc2ccc3nc(C)sc3c2)CCO1. The lowest BCUT2D eigenvalue weighted by Gasteiger charge is -2.30. The molecule has 1 fully saturated rings. The predicted molar refractivity (Wildman–Crippen MR) is 81.0 cm³/mol. The fourth-order valence-corrected chi connectivity index (χ4v) is 3.53. The number of nitrogens with one attached hydrogen (secondary N) is 1. The van der Waals surface area contributed by atoms with Gasteiger partial charge in [0.05, 0.1) is 21.3 Å². The molecule has 2 heterocycles. The molecule has 1 aliphatic rings. The van der Waals surface area contributed by atoms with Gasteiger partial charge in [-0.2, -0.15) is 0 Å². The summed E-state index contributed by atoms with van der Waals surface area (Å²) in [6.07, 6.45) is 3.72. The second kappa shape index (κ2) is 5.47. The van der Waals surface area contributed by atoms with Crippen LogP contribution in [-0.2, 0) is 4.74 Å². The summed E-state index contributed by atoms with van der Waals surface area (Å²) in [5.74, 6) is 0. The van der Waals surface area contributed by atoms with Gasteiger partial charge in [0.1, 0.15) is 0 Å². The Morgan fingerprint density at radius 2 is 2.37 bits per heavy atom. The first kappa shape index (κ1) is 12.9. The van der Waals surface area contributed by atoms with Crippen molar-refractivity contribution in [2.75, 3.05) is 11.9 Å². The maximum absolute atomic E-state index is 5.72. The van der Waals surface area contributed by atoms with Gasteiger partial charge in [-0.25, -0.2) is 4.98 Å². The summed E-state index contributed by atoms with van der Waals surface area (Å²) in [5.41, 5.74) is 2.31. The average Bonchev–Trinajstić information content (AvgIpc) is 2.78. The van der Waals surface area contributed by atoms with Crippen LogP contribution in [0.5, 0.6) is 0 Å². The Bertz CT molecular complexity index is 566. The molecule has 4 heteroatoms. The van der Waals surface area contributed by atoms with E-state index in [1.54, 1.807) is 11.3 Å². The third-order valence-electron chi connectivity index (χ3n) is 3.69. The fourth-order valence-electron chi connectivity index (χ4n) is 2.66. The van der Waals surface area contributed by atoms with Gasteiger partial charge in [0.25, 0.3) is 0 Å². The van der Waals surface area contributed by atoms with E-state index < -0.39 is 0 Å². The number of fused-ring (bicyclic) bond motifs is 1. The number of aryl methyl sites for hydroxylation is 1. The Morgan fingerprint density at radius 3 is 3.21 bits per heavy atom. The number of benzene rings is 1. The van der Waals surface area contributed by atoms with E-state index in [9.17, 15) is 0 Å². The maximum atomic E-state index is 5.72. The molecule has 2 atom stereocenters. The molecule has 102 valence electrons. The zero-order valence-electron chi connectivity index (χ0n) is 11.5.